The van der Waals surface area contributed by atoms with E-state index in [9.17, 15) is 4.79 Å². The maximum atomic E-state index is 12.9. The van der Waals surface area contributed by atoms with E-state index in [0.717, 1.165) is 49.1 Å². The van der Waals surface area contributed by atoms with Crippen molar-refractivity contribution >= 4 is 16.8 Å². The number of carbonyl (C=O) groups is 1. The second-order valence-electron chi connectivity index (χ2n) is 7.38. The molecule has 5 heteroatoms. The first-order valence-electron chi connectivity index (χ1n) is 8.74. The zero-order valence-corrected chi connectivity index (χ0v) is 14.4. The van der Waals surface area contributed by atoms with Crippen LogP contribution in [0.5, 0.6) is 0 Å². The maximum absolute atomic E-state index is 12.9. The minimum atomic E-state index is 0.146. The van der Waals surface area contributed by atoms with Gasteiger partial charge in [-0.2, -0.15) is 0 Å². The highest BCUT2D eigenvalue weighted by Gasteiger charge is 2.41. The Balaban J connectivity index is 1.45. The number of fused-ring (bicyclic) bond motifs is 2. The lowest BCUT2D eigenvalue weighted by molar-refractivity contribution is 0.0554. The van der Waals surface area contributed by atoms with E-state index in [1.807, 2.05) is 35.4 Å². The van der Waals surface area contributed by atoms with Crippen LogP contribution in [0.2, 0.25) is 0 Å². The number of carbonyl (C=O) groups excluding carboxylic acids is 1. The summed E-state index contributed by atoms with van der Waals surface area (Å²) in [5.41, 5.74) is 1.85. The van der Waals surface area contributed by atoms with Gasteiger partial charge in [0.25, 0.3) is 5.91 Å². The molecule has 1 aromatic heterocycles. The van der Waals surface area contributed by atoms with Crippen molar-refractivity contribution in [2.24, 2.45) is 11.8 Å². The number of nitrogens with one attached hydrogen (secondary N) is 1. The zero-order chi connectivity index (χ0) is 16.7. The number of aromatic nitrogens is 1. The molecular weight excluding hydrogens is 302 g/mol. The van der Waals surface area contributed by atoms with E-state index >= 15 is 0 Å². The Morgan fingerprint density at radius 2 is 2.25 bits per heavy atom. The van der Waals surface area contributed by atoms with E-state index in [-0.39, 0.29) is 5.91 Å². The van der Waals surface area contributed by atoms with Crippen LogP contribution >= 0.6 is 0 Å². The van der Waals surface area contributed by atoms with Gasteiger partial charge >= 0.3 is 0 Å². The molecule has 2 fully saturated rings. The van der Waals surface area contributed by atoms with E-state index in [0.29, 0.717) is 17.9 Å². The number of likely N-dealkylation sites (N-methyl/N-ethyl adjacent to an activating group) is 1. The van der Waals surface area contributed by atoms with Crippen molar-refractivity contribution in [3.8, 4) is 0 Å². The van der Waals surface area contributed by atoms with Crippen LogP contribution in [0.1, 0.15) is 16.8 Å². The lowest BCUT2D eigenvalue weighted by Gasteiger charge is -2.36. The molecule has 0 aliphatic carbocycles. The first kappa shape index (κ1) is 15.7. The fourth-order valence-corrected chi connectivity index (χ4v) is 4.19. The highest BCUT2D eigenvalue weighted by atomic mass is 16.5. The molecule has 24 heavy (non-hydrogen) atoms. The summed E-state index contributed by atoms with van der Waals surface area (Å²) in [7, 11) is 4.18. The Bertz CT molecular complexity index is 739. The van der Waals surface area contributed by atoms with Gasteiger partial charge in [-0.3, -0.25) is 4.79 Å². The lowest BCUT2D eigenvalue weighted by Crippen LogP contribution is -2.45. The van der Waals surface area contributed by atoms with Crippen molar-refractivity contribution in [1.29, 1.82) is 0 Å². The zero-order valence-electron chi connectivity index (χ0n) is 14.4. The average molecular weight is 327 g/mol. The SMILES string of the molecule is CN(C)C[C@@H]1OC[C@@H]2CN(C(=O)c3ccc4[nH]ccc4c3)CC[C@@H]21. The summed E-state index contributed by atoms with van der Waals surface area (Å²) in [6.07, 6.45) is 3.27. The predicted molar refractivity (Wildman–Crippen MR) is 94.1 cm³/mol. The Labute approximate surface area is 142 Å². The molecule has 3 heterocycles. The first-order chi connectivity index (χ1) is 11.6. The van der Waals surface area contributed by atoms with Gasteiger partial charge in [-0.1, -0.05) is 0 Å². The monoisotopic (exact) mass is 327 g/mol. The van der Waals surface area contributed by atoms with Gasteiger partial charge in [0, 0.05) is 48.2 Å². The van der Waals surface area contributed by atoms with Crippen LogP contribution in [0.15, 0.2) is 30.5 Å². The molecule has 0 unspecified atom stereocenters. The molecule has 0 bridgehead atoms. The summed E-state index contributed by atoms with van der Waals surface area (Å²) < 4.78 is 6.01. The third-order valence-corrected chi connectivity index (χ3v) is 5.43. The summed E-state index contributed by atoms with van der Waals surface area (Å²) in [6, 6.07) is 7.91. The standard InChI is InChI=1S/C19H25N3O2/c1-21(2)11-18-16-6-8-22(10-15(16)12-24-18)19(23)14-3-4-17-13(9-14)5-7-20-17/h3-5,7,9,15-16,18,20H,6,8,10-12H2,1-2H3/t15-,16-,18-/m0/s1. The molecule has 2 aliphatic rings. The van der Waals surface area contributed by atoms with Gasteiger partial charge in [-0.25, -0.2) is 0 Å². The summed E-state index contributed by atoms with van der Waals surface area (Å²) in [5.74, 6) is 1.21. The second-order valence-corrected chi connectivity index (χ2v) is 7.38. The van der Waals surface area contributed by atoms with Crippen LogP contribution in [0.3, 0.4) is 0 Å². The highest BCUT2D eigenvalue weighted by Crippen LogP contribution is 2.35. The van der Waals surface area contributed by atoms with E-state index < -0.39 is 0 Å². The van der Waals surface area contributed by atoms with E-state index in [4.69, 9.17) is 4.74 Å². The maximum Gasteiger partial charge on any atom is 0.253 e. The number of piperidine rings is 1. The smallest absolute Gasteiger partial charge is 0.253 e. The second kappa shape index (κ2) is 6.22. The third-order valence-electron chi connectivity index (χ3n) is 5.43. The summed E-state index contributed by atoms with van der Waals surface area (Å²) in [4.78, 5) is 20.3. The van der Waals surface area contributed by atoms with Crippen molar-refractivity contribution in [2.75, 3.05) is 40.3 Å². The van der Waals surface area contributed by atoms with Gasteiger partial charge in [0.15, 0.2) is 0 Å². The van der Waals surface area contributed by atoms with Crippen molar-refractivity contribution in [3.63, 3.8) is 0 Å². The van der Waals surface area contributed by atoms with E-state index in [1.165, 1.54) is 0 Å². The molecule has 128 valence electrons. The highest BCUT2D eigenvalue weighted by molar-refractivity contribution is 5.98. The number of amides is 1. The van der Waals surface area contributed by atoms with E-state index in [2.05, 4.69) is 24.0 Å². The lowest BCUT2D eigenvalue weighted by atomic mass is 9.84. The molecule has 3 atom stereocenters. The van der Waals surface area contributed by atoms with Crippen molar-refractivity contribution in [3.05, 3.63) is 36.0 Å². The van der Waals surface area contributed by atoms with E-state index in [1.54, 1.807) is 0 Å². The molecule has 0 radical (unpaired) electrons. The third kappa shape index (κ3) is 2.82. The van der Waals surface area contributed by atoms with Gasteiger partial charge in [-0.15, -0.1) is 0 Å². The van der Waals surface area contributed by atoms with Gasteiger partial charge < -0.3 is 19.5 Å². The van der Waals surface area contributed by atoms with Gasteiger partial charge in [0.2, 0.25) is 0 Å². The van der Waals surface area contributed by atoms with Gasteiger partial charge in [-0.05, 0) is 50.7 Å². The number of ether oxygens (including phenoxy) is 1. The van der Waals surface area contributed by atoms with Gasteiger partial charge in [0.1, 0.15) is 0 Å². The summed E-state index contributed by atoms with van der Waals surface area (Å²) in [6.45, 7) is 3.40. The molecule has 1 aromatic carbocycles. The number of aromatic amines is 1. The van der Waals surface area contributed by atoms with Crippen LogP contribution in [0.4, 0.5) is 0 Å². The van der Waals surface area contributed by atoms with Crippen molar-refractivity contribution in [2.45, 2.75) is 12.5 Å². The number of rotatable bonds is 3. The van der Waals surface area contributed by atoms with Crippen LogP contribution in [0, 0.1) is 11.8 Å². The first-order valence-corrected chi connectivity index (χ1v) is 8.74. The molecule has 5 nitrogen and oxygen atoms in total. The predicted octanol–water partition coefficient (Wildman–Crippen LogP) is 2.21. The molecule has 1 amide bonds. The Morgan fingerprint density at radius 1 is 1.38 bits per heavy atom. The number of hydrogen-bond acceptors (Lipinski definition) is 3. The average Bonchev–Trinajstić information content (AvgIpc) is 3.19. The van der Waals surface area contributed by atoms with Crippen LogP contribution in [0.25, 0.3) is 10.9 Å². The minimum absolute atomic E-state index is 0.146. The quantitative estimate of drug-likeness (QED) is 0.940. The van der Waals surface area contributed by atoms with Crippen molar-refractivity contribution < 1.29 is 9.53 Å². The minimum Gasteiger partial charge on any atom is -0.376 e. The molecule has 2 saturated heterocycles. The Morgan fingerprint density at radius 3 is 3.08 bits per heavy atom. The molecular formula is C19H25N3O2. The molecule has 2 aromatic rings. The fraction of sp³-hybridized carbons (Fsp3) is 0.526. The van der Waals surface area contributed by atoms with Gasteiger partial charge in [0.05, 0.1) is 12.7 Å². The molecule has 0 spiro atoms. The number of benzene rings is 1. The molecule has 4 rings (SSSR count). The number of H-pyrrole nitrogens is 1. The number of hydrogen-bond donors (Lipinski definition) is 1. The van der Waals surface area contributed by atoms with Crippen LogP contribution < -0.4 is 0 Å². The topological polar surface area (TPSA) is 48.6 Å². The molecule has 0 saturated carbocycles. The van der Waals surface area contributed by atoms with Crippen LogP contribution in [-0.2, 0) is 4.74 Å². The normalized spacial score (nSPS) is 27.0. The number of likely N-dealkylation sites (tertiary alicyclic amines) is 1. The van der Waals surface area contributed by atoms with Crippen LogP contribution in [-0.4, -0.2) is 67.1 Å². The Hall–Kier alpha value is -1.85. The largest absolute Gasteiger partial charge is 0.376 e. The van der Waals surface area contributed by atoms with Crippen molar-refractivity contribution in [1.82, 2.24) is 14.8 Å². The molecule has 2 aliphatic heterocycles. The fourth-order valence-electron chi connectivity index (χ4n) is 4.19. The number of nitrogens with zero attached hydrogens (tertiary/aromatic N) is 2. The Kier molecular flexibility index (Phi) is 4.06. The molecule has 1 N–H and O–H groups in total. The summed E-state index contributed by atoms with van der Waals surface area (Å²) in [5, 5.41) is 1.09. The summed E-state index contributed by atoms with van der Waals surface area (Å²) >= 11 is 0.